The molecule has 38 heavy (non-hydrogen) atoms. The summed E-state index contributed by atoms with van der Waals surface area (Å²) >= 11 is 4.66. The molecule has 0 saturated heterocycles. The van der Waals surface area contributed by atoms with Crippen molar-refractivity contribution in [1.29, 1.82) is 0 Å². The number of hydrogen-bond donors (Lipinski definition) is 5. The van der Waals surface area contributed by atoms with Crippen LogP contribution < -0.4 is 21.7 Å². The van der Waals surface area contributed by atoms with Crippen molar-refractivity contribution < 1.29 is 23.9 Å². The number of anilines is 1. The molecule has 1 aromatic rings. The van der Waals surface area contributed by atoms with Gasteiger partial charge in [-0.05, 0) is 76.8 Å². The van der Waals surface area contributed by atoms with Gasteiger partial charge in [-0.2, -0.15) is 12.6 Å². The molecule has 1 aromatic carbocycles. The van der Waals surface area contributed by atoms with Crippen LogP contribution in [0.5, 0.6) is 0 Å². The molecule has 4 amide bonds. The number of carbonyl (C=O) groups excluding carboxylic acids is 4. The first kappa shape index (κ1) is 33.4. The van der Waals surface area contributed by atoms with E-state index in [9.17, 15) is 19.2 Å². The highest BCUT2D eigenvalue weighted by Gasteiger charge is 2.32. The highest BCUT2D eigenvalue weighted by Crippen LogP contribution is 2.26. The van der Waals surface area contributed by atoms with Crippen molar-refractivity contribution in [3.63, 3.8) is 0 Å². The Labute approximate surface area is 232 Å². The first-order valence-electron chi connectivity index (χ1n) is 13.0. The third kappa shape index (κ3) is 11.4. The largest absolute Gasteiger partial charge is 0.375 e. The van der Waals surface area contributed by atoms with Gasteiger partial charge in [0, 0.05) is 25.9 Å². The van der Waals surface area contributed by atoms with Gasteiger partial charge < -0.3 is 31.3 Å². The van der Waals surface area contributed by atoms with Gasteiger partial charge >= 0.3 is 0 Å². The molecule has 5 N–H and O–H groups in total. The number of thiol groups is 1. The maximum Gasteiger partial charge on any atom is 0.246 e. The van der Waals surface area contributed by atoms with Crippen LogP contribution in [-0.2, 0) is 36.9 Å². The van der Waals surface area contributed by atoms with Crippen LogP contribution in [-0.4, -0.2) is 72.2 Å². The first-order chi connectivity index (χ1) is 17.8. The average Bonchev–Trinajstić information content (AvgIpc) is 2.83. The van der Waals surface area contributed by atoms with Gasteiger partial charge in [0.05, 0.1) is 16.9 Å². The Hall–Kier alpha value is -2.63. The van der Waals surface area contributed by atoms with Crippen molar-refractivity contribution in [2.24, 2.45) is 5.73 Å². The maximum absolute atomic E-state index is 13.3. The van der Waals surface area contributed by atoms with Crippen LogP contribution in [0, 0.1) is 0 Å². The predicted molar refractivity (Wildman–Crippen MR) is 153 cm³/mol. The van der Waals surface area contributed by atoms with E-state index in [1.165, 1.54) is 0 Å². The number of ether oxygens (including phenoxy) is 1. The summed E-state index contributed by atoms with van der Waals surface area (Å²) in [5.74, 6) is -0.996. The van der Waals surface area contributed by atoms with Gasteiger partial charge in [-0.3, -0.25) is 19.2 Å². The molecule has 0 aliphatic carbocycles. The first-order valence-corrected chi connectivity index (χ1v) is 13.4. The maximum atomic E-state index is 13.3. The minimum absolute atomic E-state index is 0.127. The van der Waals surface area contributed by atoms with Crippen molar-refractivity contribution in [2.75, 3.05) is 32.1 Å². The van der Waals surface area contributed by atoms with Gasteiger partial charge in [-0.1, -0.05) is 19.4 Å². The van der Waals surface area contributed by atoms with Crippen LogP contribution in [0.2, 0.25) is 0 Å². The second-order valence-electron chi connectivity index (χ2n) is 10.3. The summed E-state index contributed by atoms with van der Waals surface area (Å²) < 4.78 is 5.02. The normalized spacial score (nSPS) is 13.7. The Kier molecular flexibility index (Phi) is 13.8. The molecule has 0 aliphatic rings. The fourth-order valence-corrected chi connectivity index (χ4v) is 4.16. The lowest BCUT2D eigenvalue weighted by Crippen LogP contribution is -2.44. The summed E-state index contributed by atoms with van der Waals surface area (Å²) in [6.45, 7) is 10.4. The minimum Gasteiger partial charge on any atom is -0.375 e. The van der Waals surface area contributed by atoms with E-state index < -0.39 is 22.6 Å². The van der Waals surface area contributed by atoms with Crippen LogP contribution in [0.25, 0.3) is 0 Å². The molecule has 0 bridgehead atoms. The van der Waals surface area contributed by atoms with Gasteiger partial charge in [-0.15, -0.1) is 0 Å². The lowest BCUT2D eigenvalue weighted by Gasteiger charge is -2.31. The lowest BCUT2D eigenvalue weighted by atomic mass is 10.00. The Morgan fingerprint density at radius 2 is 1.87 bits per heavy atom. The molecule has 0 aliphatic heterocycles. The van der Waals surface area contributed by atoms with E-state index in [-0.39, 0.29) is 18.1 Å². The molecular weight excluding hydrogens is 506 g/mol. The molecule has 0 saturated carbocycles. The summed E-state index contributed by atoms with van der Waals surface area (Å²) in [4.78, 5) is 49.7. The van der Waals surface area contributed by atoms with Gasteiger partial charge in [-0.25, -0.2) is 0 Å². The lowest BCUT2D eigenvalue weighted by molar-refractivity contribution is -0.133. The van der Waals surface area contributed by atoms with Gasteiger partial charge in [0.15, 0.2) is 0 Å². The van der Waals surface area contributed by atoms with E-state index in [2.05, 4.69) is 35.5 Å². The van der Waals surface area contributed by atoms with Crippen molar-refractivity contribution in [1.82, 2.24) is 15.5 Å². The minimum atomic E-state index is -0.920. The Balaban J connectivity index is 2.90. The summed E-state index contributed by atoms with van der Waals surface area (Å²) in [7, 11) is 1.74. The van der Waals surface area contributed by atoms with Crippen molar-refractivity contribution in [3.8, 4) is 0 Å². The quantitative estimate of drug-likeness (QED) is 0.148. The van der Waals surface area contributed by atoms with Crippen molar-refractivity contribution >= 4 is 42.4 Å². The number of rotatable bonds is 17. The average molecular weight is 552 g/mol. The summed E-state index contributed by atoms with van der Waals surface area (Å²) in [6.07, 6.45) is 3.33. The summed E-state index contributed by atoms with van der Waals surface area (Å²) in [6, 6.07) is 4.79. The SMILES string of the molecule is CCCc1ccc(NC(=O)C(C)NC(=O)CNC=O)cc1CN(C)C(=O)C(C)(S)CCOC(C)(C)CCN. The third-order valence-electron chi connectivity index (χ3n) is 6.15. The van der Waals surface area contributed by atoms with Gasteiger partial charge in [0.1, 0.15) is 6.04 Å². The fraction of sp³-hybridized carbons (Fsp3) is 0.630. The molecule has 2 unspecified atom stereocenters. The monoisotopic (exact) mass is 551 g/mol. The van der Waals surface area contributed by atoms with E-state index in [1.54, 1.807) is 31.9 Å². The fourth-order valence-electron chi connectivity index (χ4n) is 3.90. The van der Waals surface area contributed by atoms with E-state index >= 15 is 0 Å². The molecule has 0 spiro atoms. The van der Waals surface area contributed by atoms with E-state index in [0.717, 1.165) is 30.4 Å². The standard InChI is InChI=1S/C27H45N5O5S/c1-7-8-20-9-10-22(31-24(35)19(2)30-23(34)16-29-18-33)15-21(20)17-32(6)25(36)27(5,38)12-14-37-26(3,4)11-13-28/h9-10,15,18-19,38H,7-8,11-14,16-17,28H2,1-6H3,(H,29,33)(H,30,34)(H,31,35). The molecule has 0 fully saturated rings. The van der Waals surface area contributed by atoms with Crippen LogP contribution in [0.15, 0.2) is 18.2 Å². The van der Waals surface area contributed by atoms with E-state index in [0.29, 0.717) is 38.2 Å². The molecule has 0 radical (unpaired) electrons. The second kappa shape index (κ2) is 15.7. The highest BCUT2D eigenvalue weighted by molar-refractivity contribution is 7.82. The summed E-state index contributed by atoms with van der Waals surface area (Å²) in [5, 5.41) is 7.59. The Morgan fingerprint density at radius 3 is 2.47 bits per heavy atom. The number of nitrogens with zero attached hydrogens (tertiary/aromatic N) is 1. The molecule has 0 heterocycles. The third-order valence-corrected chi connectivity index (χ3v) is 6.57. The number of hydrogen-bond acceptors (Lipinski definition) is 7. The second-order valence-corrected chi connectivity index (χ2v) is 11.3. The number of carbonyl (C=O) groups is 4. The number of nitrogens with one attached hydrogen (secondary N) is 3. The molecule has 1 rings (SSSR count). The number of aryl methyl sites for hydroxylation is 1. The molecule has 214 valence electrons. The van der Waals surface area contributed by atoms with Crippen LogP contribution in [0.1, 0.15) is 65.0 Å². The zero-order valence-corrected chi connectivity index (χ0v) is 24.5. The Morgan fingerprint density at radius 1 is 1.18 bits per heavy atom. The number of amides is 4. The van der Waals surface area contributed by atoms with Crippen molar-refractivity contribution in [2.45, 2.75) is 83.2 Å². The van der Waals surface area contributed by atoms with Crippen LogP contribution in [0.3, 0.4) is 0 Å². The van der Waals surface area contributed by atoms with Crippen LogP contribution in [0.4, 0.5) is 5.69 Å². The number of benzene rings is 1. The highest BCUT2D eigenvalue weighted by atomic mass is 32.1. The van der Waals surface area contributed by atoms with E-state index in [1.807, 2.05) is 26.0 Å². The summed E-state index contributed by atoms with van der Waals surface area (Å²) in [5.41, 5.74) is 7.84. The molecule has 11 heteroatoms. The zero-order chi connectivity index (χ0) is 28.9. The predicted octanol–water partition coefficient (Wildman–Crippen LogP) is 2.01. The zero-order valence-electron chi connectivity index (χ0n) is 23.6. The van der Waals surface area contributed by atoms with Gasteiger partial charge in [0.2, 0.25) is 24.1 Å². The topological polar surface area (TPSA) is 143 Å². The molecule has 0 aromatic heterocycles. The number of nitrogens with two attached hydrogens (primary N) is 1. The molecule has 2 atom stereocenters. The van der Waals surface area contributed by atoms with Gasteiger partial charge in [0.25, 0.3) is 0 Å². The van der Waals surface area contributed by atoms with Crippen molar-refractivity contribution in [3.05, 3.63) is 29.3 Å². The van der Waals surface area contributed by atoms with Crippen LogP contribution >= 0.6 is 12.6 Å². The Bertz CT molecular complexity index is 954. The molecule has 10 nitrogen and oxygen atoms in total. The van der Waals surface area contributed by atoms with E-state index in [4.69, 9.17) is 10.5 Å². The smallest absolute Gasteiger partial charge is 0.246 e. The molecular formula is C27H45N5O5S.